The van der Waals surface area contributed by atoms with E-state index in [0.717, 1.165) is 31.4 Å². The molecule has 2 saturated heterocycles. The van der Waals surface area contributed by atoms with Gasteiger partial charge in [-0.3, -0.25) is 14.4 Å². The van der Waals surface area contributed by atoms with Crippen molar-refractivity contribution in [2.24, 2.45) is 0 Å². The molecule has 3 amide bonds. The standard InChI is InChI=1S/C21H28N4O5/c26-18(24-16(21(29)30)12-14-6-2-1-3-7-14)13-23-19(27)17-9-5-11-25(17)20(28)15-8-4-10-22-15/h1-3,6-7,15-17,22H,4-5,8-13H2,(H,23,27)(H,24,26)(H,29,30)/t15-,16-,17-/m0/s1. The minimum Gasteiger partial charge on any atom is -0.480 e. The molecule has 2 aliphatic heterocycles. The van der Waals surface area contributed by atoms with Gasteiger partial charge in [0.1, 0.15) is 12.1 Å². The van der Waals surface area contributed by atoms with Crippen LogP contribution in [0.15, 0.2) is 30.3 Å². The van der Waals surface area contributed by atoms with Crippen LogP contribution in [-0.2, 0) is 25.6 Å². The normalized spacial score (nSPS) is 21.8. The monoisotopic (exact) mass is 416 g/mol. The Morgan fingerprint density at radius 1 is 1.13 bits per heavy atom. The molecular formula is C21H28N4O5. The molecule has 2 heterocycles. The van der Waals surface area contributed by atoms with Crippen molar-refractivity contribution in [3.8, 4) is 0 Å². The van der Waals surface area contributed by atoms with E-state index >= 15 is 0 Å². The molecular weight excluding hydrogens is 388 g/mol. The average molecular weight is 416 g/mol. The highest BCUT2D eigenvalue weighted by atomic mass is 16.4. The lowest BCUT2D eigenvalue weighted by molar-refractivity contribution is -0.142. The number of carboxylic acids is 1. The molecule has 0 unspecified atom stereocenters. The number of carbonyl (C=O) groups excluding carboxylic acids is 3. The summed E-state index contributed by atoms with van der Waals surface area (Å²) < 4.78 is 0. The summed E-state index contributed by atoms with van der Waals surface area (Å²) in [6.45, 7) is 0.992. The van der Waals surface area contributed by atoms with Crippen LogP contribution < -0.4 is 16.0 Å². The fraction of sp³-hybridized carbons (Fsp3) is 0.524. The Balaban J connectivity index is 1.49. The maximum atomic E-state index is 12.6. The van der Waals surface area contributed by atoms with Crippen LogP contribution in [0.3, 0.4) is 0 Å². The number of rotatable bonds is 8. The van der Waals surface area contributed by atoms with Gasteiger partial charge >= 0.3 is 5.97 Å². The van der Waals surface area contributed by atoms with E-state index in [1.165, 1.54) is 0 Å². The molecule has 3 atom stereocenters. The zero-order chi connectivity index (χ0) is 21.5. The fourth-order valence-electron chi connectivity index (χ4n) is 3.98. The summed E-state index contributed by atoms with van der Waals surface area (Å²) in [5.74, 6) is -2.18. The van der Waals surface area contributed by atoms with Gasteiger partial charge in [-0.15, -0.1) is 0 Å². The molecule has 2 aliphatic rings. The fourth-order valence-corrected chi connectivity index (χ4v) is 3.98. The Hall–Kier alpha value is -2.94. The number of carboxylic acid groups (broad SMARTS) is 1. The lowest BCUT2D eigenvalue weighted by atomic mass is 10.1. The third-order valence-electron chi connectivity index (χ3n) is 5.54. The van der Waals surface area contributed by atoms with Gasteiger partial charge in [-0.25, -0.2) is 4.79 Å². The minimum absolute atomic E-state index is 0.0663. The predicted molar refractivity (Wildman–Crippen MR) is 108 cm³/mol. The van der Waals surface area contributed by atoms with Crippen LogP contribution in [0.1, 0.15) is 31.2 Å². The van der Waals surface area contributed by atoms with Gasteiger partial charge in [0.05, 0.1) is 12.6 Å². The molecule has 30 heavy (non-hydrogen) atoms. The van der Waals surface area contributed by atoms with E-state index in [9.17, 15) is 24.3 Å². The van der Waals surface area contributed by atoms with Crippen LogP contribution in [0.25, 0.3) is 0 Å². The Labute approximate surface area is 175 Å². The van der Waals surface area contributed by atoms with Crippen molar-refractivity contribution in [1.82, 2.24) is 20.9 Å². The van der Waals surface area contributed by atoms with E-state index < -0.39 is 24.0 Å². The molecule has 0 aromatic heterocycles. The van der Waals surface area contributed by atoms with Crippen LogP contribution in [0, 0.1) is 0 Å². The van der Waals surface area contributed by atoms with E-state index in [4.69, 9.17) is 0 Å². The van der Waals surface area contributed by atoms with Crippen LogP contribution in [-0.4, -0.2) is 71.5 Å². The summed E-state index contributed by atoms with van der Waals surface area (Å²) >= 11 is 0. The van der Waals surface area contributed by atoms with Gasteiger partial charge in [0.25, 0.3) is 0 Å². The van der Waals surface area contributed by atoms with E-state index in [0.29, 0.717) is 13.0 Å². The number of hydrogen-bond acceptors (Lipinski definition) is 5. The zero-order valence-corrected chi connectivity index (χ0v) is 16.8. The highest BCUT2D eigenvalue weighted by Crippen LogP contribution is 2.20. The van der Waals surface area contributed by atoms with Crippen LogP contribution in [0.4, 0.5) is 0 Å². The second kappa shape index (κ2) is 10.2. The van der Waals surface area contributed by atoms with Gasteiger partial charge in [0, 0.05) is 13.0 Å². The number of carbonyl (C=O) groups is 4. The lowest BCUT2D eigenvalue weighted by Gasteiger charge is -2.26. The largest absolute Gasteiger partial charge is 0.480 e. The first kappa shape index (κ1) is 21.8. The van der Waals surface area contributed by atoms with Gasteiger partial charge in [-0.2, -0.15) is 0 Å². The maximum absolute atomic E-state index is 12.6. The van der Waals surface area contributed by atoms with Gasteiger partial charge in [-0.1, -0.05) is 30.3 Å². The van der Waals surface area contributed by atoms with E-state index in [-0.39, 0.29) is 30.8 Å². The van der Waals surface area contributed by atoms with Crippen molar-refractivity contribution < 1.29 is 24.3 Å². The number of likely N-dealkylation sites (tertiary alicyclic amines) is 1. The first-order chi connectivity index (χ1) is 14.5. The molecule has 4 N–H and O–H groups in total. The summed E-state index contributed by atoms with van der Waals surface area (Å²) in [4.78, 5) is 50.5. The zero-order valence-electron chi connectivity index (χ0n) is 16.8. The van der Waals surface area contributed by atoms with Crippen LogP contribution in [0.5, 0.6) is 0 Å². The topological polar surface area (TPSA) is 128 Å². The number of nitrogens with zero attached hydrogens (tertiary/aromatic N) is 1. The number of amides is 3. The number of benzene rings is 1. The molecule has 1 aromatic rings. The summed E-state index contributed by atoms with van der Waals surface area (Å²) in [6, 6.07) is 7.08. The predicted octanol–water partition coefficient (Wildman–Crippen LogP) is -0.342. The summed E-state index contributed by atoms with van der Waals surface area (Å²) in [5, 5.41) is 17.5. The highest BCUT2D eigenvalue weighted by Gasteiger charge is 2.37. The summed E-state index contributed by atoms with van der Waals surface area (Å²) in [7, 11) is 0. The molecule has 0 radical (unpaired) electrons. The van der Waals surface area contributed by atoms with Gasteiger partial charge < -0.3 is 26.0 Å². The number of hydrogen-bond donors (Lipinski definition) is 4. The smallest absolute Gasteiger partial charge is 0.326 e. The minimum atomic E-state index is -1.14. The maximum Gasteiger partial charge on any atom is 0.326 e. The Bertz CT molecular complexity index is 779. The second-order valence-corrected chi connectivity index (χ2v) is 7.70. The van der Waals surface area contributed by atoms with E-state index in [2.05, 4.69) is 16.0 Å². The molecule has 0 saturated carbocycles. The molecule has 9 heteroatoms. The van der Waals surface area contributed by atoms with Crippen molar-refractivity contribution in [3.05, 3.63) is 35.9 Å². The molecule has 0 spiro atoms. The molecule has 9 nitrogen and oxygen atoms in total. The summed E-state index contributed by atoms with van der Waals surface area (Å²) in [6.07, 6.45) is 3.15. The van der Waals surface area contributed by atoms with E-state index in [1.54, 1.807) is 29.2 Å². The second-order valence-electron chi connectivity index (χ2n) is 7.70. The molecule has 3 rings (SSSR count). The Kier molecular flexibility index (Phi) is 7.40. The molecule has 2 fully saturated rings. The van der Waals surface area contributed by atoms with E-state index in [1.807, 2.05) is 6.07 Å². The quantitative estimate of drug-likeness (QED) is 0.459. The Morgan fingerprint density at radius 3 is 2.57 bits per heavy atom. The molecule has 162 valence electrons. The third-order valence-corrected chi connectivity index (χ3v) is 5.54. The first-order valence-electron chi connectivity index (χ1n) is 10.3. The van der Waals surface area contributed by atoms with Gasteiger partial charge in [-0.05, 0) is 37.8 Å². The highest BCUT2D eigenvalue weighted by molar-refractivity contribution is 5.93. The van der Waals surface area contributed by atoms with Crippen LogP contribution in [0.2, 0.25) is 0 Å². The molecule has 0 aliphatic carbocycles. The number of nitrogens with one attached hydrogen (secondary N) is 3. The van der Waals surface area contributed by atoms with Gasteiger partial charge in [0.2, 0.25) is 17.7 Å². The Morgan fingerprint density at radius 2 is 1.90 bits per heavy atom. The molecule has 0 bridgehead atoms. The lowest BCUT2D eigenvalue weighted by Crippen LogP contribution is -2.53. The van der Waals surface area contributed by atoms with Crippen molar-refractivity contribution in [1.29, 1.82) is 0 Å². The summed E-state index contributed by atoms with van der Waals surface area (Å²) in [5.41, 5.74) is 0.787. The van der Waals surface area contributed by atoms with Gasteiger partial charge in [0.15, 0.2) is 0 Å². The van der Waals surface area contributed by atoms with Crippen molar-refractivity contribution in [2.75, 3.05) is 19.6 Å². The van der Waals surface area contributed by atoms with Crippen molar-refractivity contribution in [2.45, 2.75) is 50.2 Å². The average Bonchev–Trinajstić information content (AvgIpc) is 3.44. The third kappa shape index (κ3) is 5.56. The van der Waals surface area contributed by atoms with Crippen molar-refractivity contribution in [3.63, 3.8) is 0 Å². The number of aliphatic carboxylic acids is 1. The van der Waals surface area contributed by atoms with Crippen LogP contribution >= 0.6 is 0 Å². The van der Waals surface area contributed by atoms with Crippen molar-refractivity contribution >= 4 is 23.7 Å². The first-order valence-corrected chi connectivity index (χ1v) is 10.3. The SMILES string of the molecule is O=C(CNC(=O)[C@@H]1CCCN1C(=O)[C@@H]1CCCN1)N[C@@H](Cc1ccccc1)C(=O)O. The molecule has 1 aromatic carbocycles.